The number of Topliss-reactive ketones (excluding diaryl/α,β-unsaturated/α-hetero) is 4. The summed E-state index contributed by atoms with van der Waals surface area (Å²) in [5.74, 6) is -3.05. The van der Waals surface area contributed by atoms with Crippen molar-refractivity contribution in [2.75, 3.05) is 27.0 Å². The zero-order valence-electron chi connectivity index (χ0n) is 34.2. The molecule has 2 amide bonds. The number of hydrogen-bond acceptors (Lipinski definition) is 11. The van der Waals surface area contributed by atoms with Gasteiger partial charge in [-0.1, -0.05) is 85.0 Å². The van der Waals surface area contributed by atoms with Gasteiger partial charge in [-0.05, 0) is 64.5 Å². The second-order valence-corrected chi connectivity index (χ2v) is 15.6. The highest BCUT2D eigenvalue weighted by Gasteiger charge is 2.50. The van der Waals surface area contributed by atoms with Gasteiger partial charge in [0, 0.05) is 61.0 Å². The maximum Gasteiger partial charge on any atom is 0.413 e. The summed E-state index contributed by atoms with van der Waals surface area (Å²) in [6, 6.07) is 13.8. The first-order valence-corrected chi connectivity index (χ1v) is 20.4. The monoisotopic (exact) mass is 882 g/mol. The summed E-state index contributed by atoms with van der Waals surface area (Å²) in [5.41, 5.74) is -1.09. The Kier molecular flexibility index (Phi) is 20.5. The molecule has 2 fully saturated rings. The van der Waals surface area contributed by atoms with E-state index in [1.54, 1.807) is 56.4 Å². The fraction of sp³-hybridized carbons (Fsp3) is 0.524. The average Bonchev–Trinajstić information content (AvgIpc) is 3.18. The summed E-state index contributed by atoms with van der Waals surface area (Å²) < 4.78 is 14.9. The molecule has 324 valence electrons. The van der Waals surface area contributed by atoms with Crippen LogP contribution < -0.4 is 0 Å². The van der Waals surface area contributed by atoms with E-state index < -0.39 is 53.8 Å². The summed E-state index contributed by atoms with van der Waals surface area (Å²) in [6.07, 6.45) is 3.65. The number of carbonyl (C=O) groups is 8. The van der Waals surface area contributed by atoms with E-state index in [-0.39, 0.29) is 42.0 Å². The summed E-state index contributed by atoms with van der Waals surface area (Å²) in [4.78, 5) is 96.3. The summed E-state index contributed by atoms with van der Waals surface area (Å²) in [5, 5.41) is 9.14. The summed E-state index contributed by atoms with van der Waals surface area (Å²) in [6.45, 7) is 5.25. The van der Waals surface area contributed by atoms with E-state index in [0.29, 0.717) is 46.9 Å². The number of rotatable bonds is 13. The molecule has 2 aromatic rings. The molecule has 59 heavy (non-hydrogen) atoms. The lowest BCUT2D eigenvalue weighted by molar-refractivity contribution is -0.158. The predicted molar refractivity (Wildman–Crippen MR) is 220 cm³/mol. The molecule has 14 nitrogen and oxygen atoms in total. The fourth-order valence-corrected chi connectivity index (χ4v) is 7.80. The number of ketones is 4. The second-order valence-electron chi connectivity index (χ2n) is 14.5. The number of carboxylic acid groups (broad SMARTS) is 1. The first-order valence-electron chi connectivity index (χ1n) is 19.1. The molecule has 0 saturated heterocycles. The van der Waals surface area contributed by atoms with Crippen LogP contribution in [0.3, 0.4) is 0 Å². The van der Waals surface area contributed by atoms with Gasteiger partial charge in [0.25, 0.3) is 0 Å². The quantitative estimate of drug-likeness (QED) is 0.115. The van der Waals surface area contributed by atoms with Crippen LogP contribution in [0.4, 0.5) is 9.59 Å². The molecular weight excluding hydrogens is 831 g/mol. The lowest BCUT2D eigenvalue weighted by Crippen LogP contribution is -2.54. The largest absolute Gasteiger partial charge is 0.481 e. The van der Waals surface area contributed by atoms with Gasteiger partial charge in [-0.25, -0.2) is 9.59 Å². The Bertz CT molecular complexity index is 1840. The van der Waals surface area contributed by atoms with Crippen molar-refractivity contribution < 1.29 is 57.7 Å². The number of alkyl halides is 1. The molecule has 2 saturated carbocycles. The number of nitrogens with zero attached hydrogens (tertiary/aromatic N) is 2. The van der Waals surface area contributed by atoms with E-state index in [4.69, 9.17) is 54.1 Å². The van der Waals surface area contributed by atoms with Crippen molar-refractivity contribution in [3.63, 3.8) is 0 Å². The smallest absolute Gasteiger partial charge is 0.413 e. The maximum atomic E-state index is 13.0. The Morgan fingerprint density at radius 2 is 1.08 bits per heavy atom. The van der Waals surface area contributed by atoms with Gasteiger partial charge < -0.3 is 28.9 Å². The van der Waals surface area contributed by atoms with Crippen LogP contribution >= 0.6 is 34.8 Å². The summed E-state index contributed by atoms with van der Waals surface area (Å²) in [7, 11) is 3.04. The standard InChI is InChI=1S/C21H26ClNO6.C15H17Cl2NO3.C6H10O3/c1-14(12-15(2)24)19(26)28-13-29-20(27)23(3)21(11-7-6-10-18(21)25)16-8-4-5-9-17(16)22;1-18(14(20)21-10-16)15(9-5-4-8-13(15)19)11-6-2-3-7-12(11)17;1-4(6(8)9)3-5(2)7/h4-5,8-9,14H,6-7,10-13H2,1-3H3;2-3,6-7H,4-5,8-10H2,1H3;4H,3H2,1-2H3,(H,8,9)/t14-,21+;15-;4-/m101/s1. The van der Waals surface area contributed by atoms with E-state index >= 15 is 0 Å². The molecular formula is C42H53Cl3N2O12. The third-order valence-corrected chi connectivity index (χ3v) is 11.0. The van der Waals surface area contributed by atoms with Gasteiger partial charge in [-0.3, -0.25) is 29.0 Å². The zero-order valence-corrected chi connectivity index (χ0v) is 36.5. The molecule has 2 aromatic carbocycles. The molecule has 0 radical (unpaired) electrons. The van der Waals surface area contributed by atoms with Crippen molar-refractivity contribution in [1.29, 1.82) is 0 Å². The first-order chi connectivity index (χ1) is 27.8. The average molecular weight is 884 g/mol. The van der Waals surface area contributed by atoms with Crippen molar-refractivity contribution in [3.8, 4) is 0 Å². The molecule has 1 N–H and O–H groups in total. The van der Waals surface area contributed by atoms with Crippen LogP contribution in [0.15, 0.2) is 48.5 Å². The molecule has 0 aromatic heterocycles. The fourth-order valence-electron chi connectivity index (χ4n) is 7.12. The van der Waals surface area contributed by atoms with Gasteiger partial charge >= 0.3 is 24.1 Å². The van der Waals surface area contributed by atoms with E-state index in [0.717, 1.165) is 25.7 Å². The molecule has 4 rings (SSSR count). The third-order valence-electron chi connectivity index (χ3n) is 10.2. The number of amides is 2. The van der Waals surface area contributed by atoms with E-state index in [1.165, 1.54) is 37.6 Å². The van der Waals surface area contributed by atoms with Crippen LogP contribution in [-0.2, 0) is 54.1 Å². The normalized spacial score (nSPS) is 19.5. The Morgan fingerprint density at radius 1 is 0.678 bits per heavy atom. The SMILES string of the molecule is CC(=O)C[C@@H](C)C(=O)O.CC(=O)C[C@@H](C)C(=O)OCOC(=O)N(C)[C@]1(c2ccccc2Cl)CCCCC1=O.CN(C(=O)OCCl)[C@]1(c2ccccc2Cl)CCCCC1=O. The Hall–Kier alpha value is -4.53. The predicted octanol–water partition coefficient (Wildman–Crippen LogP) is 8.49. The molecule has 2 aliphatic carbocycles. The number of likely N-dealkylation sites (N-methyl/N-ethyl adjacent to an activating group) is 2. The lowest BCUT2D eigenvalue weighted by atomic mass is 9.74. The minimum absolute atomic E-state index is 0.0177. The number of carbonyl (C=O) groups excluding carboxylic acids is 7. The topological polar surface area (TPSA) is 191 Å². The van der Waals surface area contributed by atoms with Crippen LogP contribution in [0.5, 0.6) is 0 Å². The number of hydrogen-bond donors (Lipinski definition) is 1. The van der Waals surface area contributed by atoms with Crippen LogP contribution in [0, 0.1) is 11.8 Å². The molecule has 2 aliphatic rings. The maximum absolute atomic E-state index is 13.0. The molecule has 4 atom stereocenters. The minimum Gasteiger partial charge on any atom is -0.481 e. The Morgan fingerprint density at radius 3 is 1.44 bits per heavy atom. The van der Waals surface area contributed by atoms with Crippen molar-refractivity contribution in [2.45, 2.75) is 103 Å². The lowest BCUT2D eigenvalue weighted by Gasteiger charge is -2.43. The third kappa shape index (κ3) is 13.5. The highest BCUT2D eigenvalue weighted by Crippen LogP contribution is 2.43. The Labute approximate surface area is 359 Å². The Balaban J connectivity index is 0.000000348. The van der Waals surface area contributed by atoms with Gasteiger partial charge in [-0.15, -0.1) is 0 Å². The molecule has 17 heteroatoms. The molecule has 0 aliphatic heterocycles. The van der Waals surface area contributed by atoms with Crippen molar-refractivity contribution in [1.82, 2.24) is 9.80 Å². The van der Waals surface area contributed by atoms with Gasteiger partial charge in [0.1, 0.15) is 22.6 Å². The van der Waals surface area contributed by atoms with E-state index in [1.807, 2.05) is 6.07 Å². The zero-order chi connectivity index (χ0) is 44.5. The highest BCUT2D eigenvalue weighted by atomic mass is 35.5. The van der Waals surface area contributed by atoms with Crippen molar-refractivity contribution in [3.05, 3.63) is 69.7 Å². The summed E-state index contributed by atoms with van der Waals surface area (Å²) >= 11 is 18.1. The van der Waals surface area contributed by atoms with Crippen LogP contribution in [0.25, 0.3) is 0 Å². The van der Waals surface area contributed by atoms with E-state index in [2.05, 4.69) is 0 Å². The first kappa shape index (κ1) is 50.6. The second kappa shape index (κ2) is 23.9. The minimum atomic E-state index is -1.22. The highest BCUT2D eigenvalue weighted by molar-refractivity contribution is 6.32. The molecule has 0 heterocycles. The number of esters is 1. The number of halogens is 3. The molecule has 0 unspecified atom stereocenters. The van der Waals surface area contributed by atoms with Gasteiger partial charge in [0.05, 0.1) is 11.8 Å². The van der Waals surface area contributed by atoms with Gasteiger partial charge in [0.15, 0.2) is 17.6 Å². The number of benzene rings is 2. The number of ether oxygens (including phenoxy) is 3. The number of carboxylic acids is 1. The van der Waals surface area contributed by atoms with Gasteiger partial charge in [0.2, 0.25) is 6.79 Å². The number of aliphatic carboxylic acids is 1. The van der Waals surface area contributed by atoms with E-state index in [9.17, 15) is 38.4 Å². The molecule has 0 bridgehead atoms. The van der Waals surface area contributed by atoms with Crippen molar-refractivity contribution >= 4 is 82.1 Å². The van der Waals surface area contributed by atoms with Crippen LogP contribution in [0.2, 0.25) is 10.0 Å². The van der Waals surface area contributed by atoms with Crippen molar-refractivity contribution in [2.24, 2.45) is 11.8 Å². The molecule has 0 spiro atoms. The van der Waals surface area contributed by atoms with Crippen LogP contribution in [0.1, 0.15) is 103 Å². The van der Waals surface area contributed by atoms with Gasteiger partial charge in [-0.2, -0.15) is 0 Å². The van der Waals surface area contributed by atoms with Crippen LogP contribution in [-0.4, -0.2) is 89.1 Å².